The number of esters is 1. The normalized spacial score (nSPS) is 9.09. The Labute approximate surface area is 68.7 Å². The minimum absolute atomic E-state index is 0. The van der Waals surface area contributed by atoms with E-state index in [1.54, 1.807) is 0 Å². The number of hydrogen-bond acceptors (Lipinski definition) is 3. The van der Waals surface area contributed by atoms with Crippen LogP contribution in [0.5, 0.6) is 0 Å². The smallest absolute Gasteiger partial charge is 0.332 e. The molecule has 0 N–H and O–H groups in total. The molecule has 0 fully saturated rings. The molecule has 68 valence electrons. The monoisotopic (exact) mass is 162 g/mol. The van der Waals surface area contributed by atoms with Gasteiger partial charge in [0.25, 0.3) is 0 Å². The molecule has 0 saturated heterocycles. The summed E-state index contributed by atoms with van der Waals surface area (Å²) in [6, 6.07) is 0. The third-order valence-corrected chi connectivity index (χ3v) is 0.840. The summed E-state index contributed by atoms with van der Waals surface area (Å²) in [5.74, 6) is 0.0945. The van der Waals surface area contributed by atoms with Gasteiger partial charge in [-0.2, -0.15) is 0 Å². The van der Waals surface area contributed by atoms with Crippen LogP contribution < -0.4 is 0 Å². The highest BCUT2D eigenvalue weighted by atomic mass is 16.6. The van der Waals surface area contributed by atoms with E-state index in [1.165, 1.54) is 7.11 Å². The van der Waals surface area contributed by atoms with Crippen LogP contribution in [-0.4, -0.2) is 26.3 Å². The fourth-order valence-electron chi connectivity index (χ4n) is 0.419. The maximum atomic E-state index is 10.6. The molecule has 0 aliphatic heterocycles. The zero-order valence-corrected chi connectivity index (χ0v) is 6.72. The summed E-state index contributed by atoms with van der Waals surface area (Å²) >= 11 is 0. The molecule has 0 rings (SSSR count). The lowest BCUT2D eigenvalue weighted by Gasteiger charge is -2.05. The van der Waals surface area contributed by atoms with Crippen LogP contribution in [0, 0.1) is 5.92 Å². The summed E-state index contributed by atoms with van der Waals surface area (Å²) in [6.07, 6.45) is 0. The van der Waals surface area contributed by atoms with Gasteiger partial charge >= 0.3 is 5.97 Å². The van der Waals surface area contributed by atoms with Crippen LogP contribution in [0.1, 0.15) is 21.3 Å². The summed E-state index contributed by atoms with van der Waals surface area (Å²) < 4.78 is 9.34. The van der Waals surface area contributed by atoms with E-state index in [0.717, 1.165) is 0 Å². The fraction of sp³-hybridized carbons (Fsp3) is 0.875. The zero-order valence-electron chi connectivity index (χ0n) is 6.72. The van der Waals surface area contributed by atoms with Gasteiger partial charge < -0.3 is 9.47 Å². The first-order valence-electron chi connectivity index (χ1n) is 3.31. The van der Waals surface area contributed by atoms with Gasteiger partial charge in [0.1, 0.15) is 6.61 Å². The second-order valence-corrected chi connectivity index (χ2v) is 2.51. The number of hydrogen-bond donors (Lipinski definition) is 0. The second kappa shape index (κ2) is 7.54. The predicted octanol–water partition coefficient (Wildman–Crippen LogP) is 1.47. The Balaban J connectivity index is 0. The average molecular weight is 162 g/mol. The molecule has 3 nitrogen and oxygen atoms in total. The number of ether oxygens (including phenoxy) is 2. The molecular formula is C8H18O3. The van der Waals surface area contributed by atoms with Gasteiger partial charge in [-0.15, -0.1) is 0 Å². The number of rotatable bonds is 4. The van der Waals surface area contributed by atoms with Gasteiger partial charge in [0, 0.05) is 7.11 Å². The van der Waals surface area contributed by atoms with Crippen LogP contribution in [-0.2, 0) is 14.3 Å². The Hall–Kier alpha value is -0.570. The molecule has 0 aliphatic rings. The molecule has 0 radical (unpaired) electrons. The number of methoxy groups -OCH3 is 1. The Morgan fingerprint density at radius 1 is 1.45 bits per heavy atom. The fourth-order valence-corrected chi connectivity index (χ4v) is 0.419. The molecule has 0 aromatic carbocycles. The standard InChI is InChI=1S/C7H14O3.CH4/c1-6(2)4-10-7(8)5-9-3;/h6H,4-5H2,1-3H3;1H4. The lowest BCUT2D eigenvalue weighted by atomic mass is 10.2. The minimum atomic E-state index is -0.295. The highest BCUT2D eigenvalue weighted by Gasteiger charge is 2.01. The summed E-state index contributed by atoms with van der Waals surface area (Å²) in [7, 11) is 1.47. The molecule has 0 saturated carbocycles. The third kappa shape index (κ3) is 9.43. The highest BCUT2D eigenvalue weighted by Crippen LogP contribution is 1.92. The molecule has 0 bridgehead atoms. The Morgan fingerprint density at radius 3 is 2.36 bits per heavy atom. The van der Waals surface area contributed by atoms with Crippen molar-refractivity contribution in [1.82, 2.24) is 0 Å². The summed E-state index contributed by atoms with van der Waals surface area (Å²) in [5, 5.41) is 0. The van der Waals surface area contributed by atoms with Gasteiger partial charge in [0.05, 0.1) is 6.61 Å². The van der Waals surface area contributed by atoms with Gasteiger partial charge in [-0.3, -0.25) is 0 Å². The molecule has 0 aliphatic carbocycles. The van der Waals surface area contributed by atoms with Crippen molar-refractivity contribution in [1.29, 1.82) is 0 Å². The zero-order chi connectivity index (χ0) is 7.98. The Bertz CT molecular complexity index is 99.5. The Kier molecular flexibility index (Phi) is 8.94. The minimum Gasteiger partial charge on any atom is -0.464 e. The first kappa shape index (κ1) is 13.1. The van der Waals surface area contributed by atoms with Crippen molar-refractivity contribution in [3.63, 3.8) is 0 Å². The maximum Gasteiger partial charge on any atom is 0.332 e. The average Bonchev–Trinajstić information content (AvgIpc) is 1.85. The van der Waals surface area contributed by atoms with Crippen molar-refractivity contribution in [2.75, 3.05) is 20.3 Å². The molecular weight excluding hydrogens is 144 g/mol. The summed E-state index contributed by atoms with van der Waals surface area (Å²) in [5.41, 5.74) is 0. The second-order valence-electron chi connectivity index (χ2n) is 2.51. The van der Waals surface area contributed by atoms with Crippen molar-refractivity contribution in [2.24, 2.45) is 5.92 Å². The van der Waals surface area contributed by atoms with Crippen molar-refractivity contribution in [3.05, 3.63) is 0 Å². The summed E-state index contributed by atoms with van der Waals surface area (Å²) in [6.45, 7) is 4.50. The first-order chi connectivity index (χ1) is 4.66. The van der Waals surface area contributed by atoms with Crippen LogP contribution in [0.4, 0.5) is 0 Å². The molecule has 0 spiro atoms. The van der Waals surface area contributed by atoms with Crippen LogP contribution in [0.2, 0.25) is 0 Å². The van der Waals surface area contributed by atoms with Crippen molar-refractivity contribution in [2.45, 2.75) is 21.3 Å². The van der Waals surface area contributed by atoms with Gasteiger partial charge in [-0.1, -0.05) is 21.3 Å². The van der Waals surface area contributed by atoms with E-state index in [2.05, 4.69) is 4.74 Å². The van der Waals surface area contributed by atoms with E-state index >= 15 is 0 Å². The van der Waals surface area contributed by atoms with E-state index in [0.29, 0.717) is 12.5 Å². The molecule has 0 aromatic heterocycles. The quantitative estimate of drug-likeness (QED) is 0.587. The van der Waals surface area contributed by atoms with Crippen LogP contribution in [0.3, 0.4) is 0 Å². The Morgan fingerprint density at radius 2 is 2.00 bits per heavy atom. The van der Waals surface area contributed by atoms with E-state index in [9.17, 15) is 4.79 Å². The topological polar surface area (TPSA) is 35.5 Å². The van der Waals surface area contributed by atoms with E-state index in [4.69, 9.17) is 4.74 Å². The van der Waals surface area contributed by atoms with E-state index in [1.807, 2.05) is 13.8 Å². The predicted molar refractivity (Wildman–Crippen MR) is 44.4 cm³/mol. The van der Waals surface area contributed by atoms with E-state index in [-0.39, 0.29) is 20.0 Å². The number of carbonyl (C=O) groups excluding carboxylic acids is 1. The SMILES string of the molecule is C.COCC(=O)OCC(C)C. The van der Waals surface area contributed by atoms with Crippen molar-refractivity contribution in [3.8, 4) is 0 Å². The molecule has 0 aromatic rings. The van der Waals surface area contributed by atoms with Crippen LogP contribution in [0.25, 0.3) is 0 Å². The van der Waals surface area contributed by atoms with Crippen molar-refractivity contribution >= 4 is 5.97 Å². The molecule has 0 amide bonds. The van der Waals surface area contributed by atoms with Gasteiger partial charge in [0.15, 0.2) is 0 Å². The third-order valence-electron chi connectivity index (χ3n) is 0.840. The first-order valence-corrected chi connectivity index (χ1v) is 3.31. The van der Waals surface area contributed by atoms with Crippen molar-refractivity contribution < 1.29 is 14.3 Å². The largest absolute Gasteiger partial charge is 0.464 e. The number of carbonyl (C=O) groups is 1. The molecule has 11 heavy (non-hydrogen) atoms. The highest BCUT2D eigenvalue weighted by molar-refractivity contribution is 5.70. The molecule has 3 heteroatoms. The van der Waals surface area contributed by atoms with Crippen LogP contribution >= 0.6 is 0 Å². The van der Waals surface area contributed by atoms with E-state index < -0.39 is 0 Å². The summed E-state index contributed by atoms with van der Waals surface area (Å²) in [4.78, 5) is 10.6. The van der Waals surface area contributed by atoms with Gasteiger partial charge in [0.2, 0.25) is 0 Å². The van der Waals surface area contributed by atoms with Gasteiger partial charge in [-0.25, -0.2) is 4.79 Å². The maximum absolute atomic E-state index is 10.6. The molecule has 0 atom stereocenters. The lowest BCUT2D eigenvalue weighted by molar-refractivity contribution is -0.148. The van der Waals surface area contributed by atoms with Gasteiger partial charge in [-0.05, 0) is 5.92 Å². The molecule has 0 heterocycles. The molecule has 0 unspecified atom stereocenters. The lowest BCUT2D eigenvalue weighted by Crippen LogP contribution is -2.14. The van der Waals surface area contributed by atoms with Crippen LogP contribution in [0.15, 0.2) is 0 Å².